The molecule has 5 heteroatoms. The van der Waals surface area contributed by atoms with E-state index < -0.39 is 15.8 Å². The van der Waals surface area contributed by atoms with Crippen LogP contribution in [0.25, 0.3) is 0 Å². The molecule has 1 fully saturated rings. The number of esters is 1. The number of rotatable bonds is 4. The number of sulfone groups is 1. The molecule has 0 aromatic heterocycles. The molecule has 1 aliphatic rings. The van der Waals surface area contributed by atoms with Crippen molar-refractivity contribution in [1.29, 1.82) is 0 Å². The van der Waals surface area contributed by atoms with Crippen LogP contribution in [-0.4, -0.2) is 33.5 Å². The van der Waals surface area contributed by atoms with Crippen LogP contribution in [0.3, 0.4) is 0 Å². The van der Waals surface area contributed by atoms with Crippen LogP contribution >= 0.6 is 0 Å². The van der Waals surface area contributed by atoms with E-state index >= 15 is 0 Å². The van der Waals surface area contributed by atoms with Crippen LogP contribution in [0.4, 0.5) is 0 Å². The molecule has 0 aromatic rings. The van der Waals surface area contributed by atoms with E-state index in [9.17, 15) is 13.2 Å². The minimum absolute atomic E-state index is 0.0790. The zero-order chi connectivity index (χ0) is 12.2. The summed E-state index contributed by atoms with van der Waals surface area (Å²) in [5.41, 5.74) is 0. The third-order valence-corrected chi connectivity index (χ3v) is 4.17. The lowest BCUT2D eigenvalue weighted by atomic mass is 9.81. The Morgan fingerprint density at radius 2 is 1.88 bits per heavy atom. The van der Waals surface area contributed by atoms with Gasteiger partial charge in [-0.3, -0.25) is 4.79 Å². The Balaban J connectivity index is 2.73. The molecule has 0 aromatic carbocycles. The van der Waals surface area contributed by atoms with Crippen molar-refractivity contribution in [3.63, 3.8) is 0 Å². The van der Waals surface area contributed by atoms with Crippen molar-refractivity contribution < 1.29 is 17.9 Å². The summed E-state index contributed by atoms with van der Waals surface area (Å²) in [6.07, 6.45) is 6.41. The summed E-state index contributed by atoms with van der Waals surface area (Å²) in [5, 5.41) is 0. The topological polar surface area (TPSA) is 60.4 Å². The molecule has 0 N–H and O–H groups in total. The van der Waals surface area contributed by atoms with Crippen molar-refractivity contribution in [2.45, 2.75) is 32.1 Å². The number of carbonyl (C=O) groups excluding carboxylic acids is 1. The zero-order valence-corrected chi connectivity index (χ0v) is 10.8. The normalized spacial score (nSPS) is 20.4. The van der Waals surface area contributed by atoms with Gasteiger partial charge in [0.25, 0.3) is 0 Å². The van der Waals surface area contributed by atoms with Crippen LogP contribution in [0.15, 0.2) is 0 Å². The van der Waals surface area contributed by atoms with Crippen molar-refractivity contribution in [1.82, 2.24) is 0 Å². The Morgan fingerprint density at radius 3 is 2.31 bits per heavy atom. The van der Waals surface area contributed by atoms with E-state index in [1.165, 1.54) is 19.8 Å². The predicted molar refractivity (Wildman–Crippen MR) is 61.8 cm³/mol. The van der Waals surface area contributed by atoms with Crippen molar-refractivity contribution in [2.75, 3.05) is 19.1 Å². The fraction of sp³-hybridized carbons (Fsp3) is 0.909. The third-order valence-electron chi connectivity index (χ3n) is 3.21. The SMILES string of the molecule is COC(=O)C(CS(C)(=O)=O)C1CCCCC1. The van der Waals surface area contributed by atoms with Crippen LogP contribution in [-0.2, 0) is 19.4 Å². The first-order valence-corrected chi connectivity index (χ1v) is 7.75. The second-order valence-corrected chi connectivity index (χ2v) is 6.80. The van der Waals surface area contributed by atoms with E-state index in [0.717, 1.165) is 25.7 Å². The summed E-state index contributed by atoms with van der Waals surface area (Å²) in [5.74, 6) is -0.752. The molecule has 0 aliphatic heterocycles. The molecule has 1 rings (SSSR count). The molecule has 0 amide bonds. The molecular weight excluding hydrogens is 228 g/mol. The van der Waals surface area contributed by atoms with Crippen molar-refractivity contribution in [3.05, 3.63) is 0 Å². The number of hydrogen-bond acceptors (Lipinski definition) is 4. The van der Waals surface area contributed by atoms with Gasteiger partial charge in [-0.2, -0.15) is 0 Å². The van der Waals surface area contributed by atoms with Gasteiger partial charge in [-0.25, -0.2) is 8.42 Å². The first kappa shape index (κ1) is 13.5. The average Bonchev–Trinajstić information content (AvgIpc) is 2.25. The molecule has 4 nitrogen and oxygen atoms in total. The summed E-state index contributed by atoms with van der Waals surface area (Å²) >= 11 is 0. The van der Waals surface area contributed by atoms with Crippen LogP contribution in [0.5, 0.6) is 0 Å². The maximum Gasteiger partial charge on any atom is 0.309 e. The molecule has 1 unspecified atom stereocenters. The minimum Gasteiger partial charge on any atom is -0.469 e. The van der Waals surface area contributed by atoms with Gasteiger partial charge >= 0.3 is 5.97 Å². The van der Waals surface area contributed by atoms with Gasteiger partial charge in [-0.05, 0) is 18.8 Å². The number of hydrogen-bond donors (Lipinski definition) is 0. The molecule has 0 saturated heterocycles. The lowest BCUT2D eigenvalue weighted by Crippen LogP contribution is -2.32. The highest BCUT2D eigenvalue weighted by Gasteiger charge is 2.32. The molecule has 1 aliphatic carbocycles. The summed E-state index contributed by atoms with van der Waals surface area (Å²) < 4.78 is 27.3. The Bertz CT molecular complexity index is 328. The number of methoxy groups -OCH3 is 1. The summed E-state index contributed by atoms with van der Waals surface area (Å²) in [6, 6.07) is 0. The molecule has 0 spiro atoms. The Labute approximate surface area is 97.3 Å². The van der Waals surface area contributed by atoms with Gasteiger partial charge in [0.1, 0.15) is 9.84 Å². The standard InChI is InChI=1S/C11H20O4S/c1-15-11(12)10(8-16(2,13)14)9-6-4-3-5-7-9/h9-10H,3-8H2,1-2H3. The molecule has 0 heterocycles. The molecule has 1 saturated carbocycles. The van der Waals surface area contributed by atoms with E-state index in [4.69, 9.17) is 4.74 Å². The maximum atomic E-state index is 11.6. The van der Waals surface area contributed by atoms with Crippen molar-refractivity contribution in [2.24, 2.45) is 11.8 Å². The lowest BCUT2D eigenvalue weighted by Gasteiger charge is -2.27. The summed E-state index contributed by atoms with van der Waals surface area (Å²) in [6.45, 7) is 0. The maximum absolute atomic E-state index is 11.6. The molecule has 0 radical (unpaired) electrons. The molecule has 16 heavy (non-hydrogen) atoms. The molecule has 94 valence electrons. The highest BCUT2D eigenvalue weighted by atomic mass is 32.2. The van der Waals surface area contributed by atoms with Gasteiger partial charge in [-0.15, -0.1) is 0 Å². The predicted octanol–water partition coefficient (Wildman–Crippen LogP) is 1.40. The summed E-state index contributed by atoms with van der Waals surface area (Å²) in [4.78, 5) is 11.6. The minimum atomic E-state index is -3.13. The van der Waals surface area contributed by atoms with Crippen molar-refractivity contribution >= 4 is 15.8 Å². The van der Waals surface area contributed by atoms with Crippen LogP contribution in [0.1, 0.15) is 32.1 Å². The van der Waals surface area contributed by atoms with Crippen LogP contribution < -0.4 is 0 Å². The number of ether oxygens (including phenoxy) is 1. The van der Waals surface area contributed by atoms with Gasteiger partial charge < -0.3 is 4.74 Å². The first-order valence-electron chi connectivity index (χ1n) is 5.69. The second kappa shape index (κ2) is 5.66. The smallest absolute Gasteiger partial charge is 0.309 e. The molecule has 1 atom stereocenters. The lowest BCUT2D eigenvalue weighted by molar-refractivity contribution is -0.146. The van der Waals surface area contributed by atoms with E-state index in [2.05, 4.69) is 0 Å². The average molecular weight is 248 g/mol. The van der Waals surface area contributed by atoms with E-state index in [-0.39, 0.29) is 17.6 Å². The molecule has 0 bridgehead atoms. The van der Waals surface area contributed by atoms with Crippen molar-refractivity contribution in [3.8, 4) is 0 Å². The van der Waals surface area contributed by atoms with Gasteiger partial charge in [0.15, 0.2) is 0 Å². The number of carbonyl (C=O) groups is 1. The van der Waals surface area contributed by atoms with E-state index in [0.29, 0.717) is 0 Å². The zero-order valence-electron chi connectivity index (χ0n) is 9.94. The van der Waals surface area contributed by atoms with Gasteiger partial charge in [0, 0.05) is 6.26 Å². The second-order valence-electron chi connectivity index (χ2n) is 4.62. The largest absolute Gasteiger partial charge is 0.469 e. The first-order chi connectivity index (χ1) is 7.44. The van der Waals surface area contributed by atoms with Gasteiger partial charge in [-0.1, -0.05) is 19.3 Å². The van der Waals surface area contributed by atoms with Gasteiger partial charge in [0.2, 0.25) is 0 Å². The third kappa shape index (κ3) is 4.12. The summed E-state index contributed by atoms with van der Waals surface area (Å²) in [7, 11) is -1.81. The fourth-order valence-corrected chi connectivity index (χ4v) is 3.47. The Morgan fingerprint density at radius 1 is 1.31 bits per heavy atom. The Hall–Kier alpha value is -0.580. The Kier molecular flexibility index (Phi) is 4.77. The highest BCUT2D eigenvalue weighted by Crippen LogP contribution is 2.31. The van der Waals surface area contributed by atoms with E-state index in [1.807, 2.05) is 0 Å². The fourth-order valence-electron chi connectivity index (χ4n) is 2.41. The molecular formula is C11H20O4S. The quantitative estimate of drug-likeness (QED) is 0.706. The van der Waals surface area contributed by atoms with E-state index in [1.54, 1.807) is 0 Å². The van der Waals surface area contributed by atoms with Crippen LogP contribution in [0.2, 0.25) is 0 Å². The highest BCUT2D eigenvalue weighted by molar-refractivity contribution is 7.90. The van der Waals surface area contributed by atoms with Crippen LogP contribution in [0, 0.1) is 11.8 Å². The van der Waals surface area contributed by atoms with Gasteiger partial charge in [0.05, 0.1) is 18.8 Å². The monoisotopic (exact) mass is 248 g/mol.